The van der Waals surface area contributed by atoms with Crippen LogP contribution in [0.1, 0.15) is 20.7 Å². The van der Waals surface area contributed by atoms with Crippen molar-refractivity contribution in [2.75, 3.05) is 21.3 Å². The van der Waals surface area contributed by atoms with Gasteiger partial charge in [-0.15, -0.1) is 0 Å². The van der Waals surface area contributed by atoms with Crippen LogP contribution in [-0.4, -0.2) is 59.8 Å². The lowest BCUT2D eigenvalue weighted by atomic mass is 10.1. The highest BCUT2D eigenvalue weighted by Crippen LogP contribution is 2.37. The van der Waals surface area contributed by atoms with E-state index in [1.807, 2.05) is 0 Å². The van der Waals surface area contributed by atoms with Gasteiger partial charge >= 0.3 is 11.8 Å². The number of hydrogen-bond acceptors (Lipinski definition) is 10. The summed E-state index contributed by atoms with van der Waals surface area (Å²) in [5, 5.41) is 30.1. The zero-order chi connectivity index (χ0) is 38.9. The monoisotopic (exact) mass is 770 g/mol. The number of carbonyl (C=O) groups is 4. The first-order valence-corrected chi connectivity index (χ1v) is 18.3. The van der Waals surface area contributed by atoms with Gasteiger partial charge in [0.1, 0.15) is 21.3 Å². The van der Waals surface area contributed by atoms with Crippen molar-refractivity contribution < 1.29 is 55.3 Å². The molecule has 0 saturated heterocycles. The molecule has 6 aromatic rings. The summed E-state index contributed by atoms with van der Waals surface area (Å²) >= 11 is 0. The summed E-state index contributed by atoms with van der Waals surface area (Å²) in [6.45, 7) is 0. The predicted molar refractivity (Wildman–Crippen MR) is 197 cm³/mol. The van der Waals surface area contributed by atoms with Crippen LogP contribution in [0, 0.1) is 0 Å². The third-order valence-electron chi connectivity index (χ3n) is 7.98. The van der Waals surface area contributed by atoms with E-state index in [0.29, 0.717) is 0 Å². The van der Waals surface area contributed by atoms with Gasteiger partial charge in [0.2, 0.25) is 0 Å². The number of benzene rings is 6. The highest BCUT2D eigenvalue weighted by molar-refractivity contribution is 7.86. The quantitative estimate of drug-likeness (QED) is 0.0753. The lowest BCUT2D eigenvalue weighted by Gasteiger charge is -2.13. The molecule has 0 fully saturated rings. The molecule has 4 amide bonds. The smallest absolute Gasteiger partial charge is 0.314 e. The molecule has 0 atom stereocenters. The zero-order valence-corrected chi connectivity index (χ0v) is 28.9. The number of phenolic OH excluding ortho intramolecular Hbond substituents is 2. The molecule has 6 aromatic carbocycles. The van der Waals surface area contributed by atoms with Gasteiger partial charge in [0.15, 0.2) is 0 Å². The van der Waals surface area contributed by atoms with Gasteiger partial charge < -0.3 is 31.5 Å². The number of hydrogen-bond donors (Lipinski definition) is 8. The van der Waals surface area contributed by atoms with Crippen LogP contribution < -0.4 is 21.3 Å². The number of rotatable bonds is 8. The van der Waals surface area contributed by atoms with Crippen LogP contribution in [0.2, 0.25) is 0 Å². The Morgan fingerprint density at radius 1 is 0.463 bits per heavy atom. The molecule has 0 radical (unpaired) electrons. The van der Waals surface area contributed by atoms with Gasteiger partial charge in [0.25, 0.3) is 32.1 Å². The van der Waals surface area contributed by atoms with Crippen LogP contribution in [0.15, 0.2) is 119 Å². The predicted octanol–water partition coefficient (Wildman–Crippen LogP) is 4.98. The Morgan fingerprint density at radius 3 is 1.20 bits per heavy atom. The Kier molecular flexibility index (Phi) is 9.76. The number of amides is 4. The SMILES string of the molecule is O=C(Nc1cccc(C(=O)Nc2cccc3c(O)ccc(S(=O)(=O)O)c23)c1)C(=O)Nc1cccc(C(=O)Nc2cccc3c(O)ccc(S(=O)(=O)O)c23)c1. The molecule has 0 spiro atoms. The molecule has 54 heavy (non-hydrogen) atoms. The highest BCUT2D eigenvalue weighted by atomic mass is 32.2. The maximum absolute atomic E-state index is 13.2. The average molecular weight is 771 g/mol. The third kappa shape index (κ3) is 7.66. The molecular formula is C36H26N4O12S2. The molecule has 0 heterocycles. The van der Waals surface area contributed by atoms with Crippen molar-refractivity contribution in [2.45, 2.75) is 9.79 Å². The summed E-state index contributed by atoms with van der Waals surface area (Å²) in [5.74, 6) is -4.44. The van der Waals surface area contributed by atoms with E-state index in [2.05, 4.69) is 21.3 Å². The first-order chi connectivity index (χ1) is 25.5. The van der Waals surface area contributed by atoms with E-state index in [9.17, 15) is 55.3 Å². The topological polar surface area (TPSA) is 266 Å². The van der Waals surface area contributed by atoms with Crippen LogP contribution in [0.25, 0.3) is 21.5 Å². The van der Waals surface area contributed by atoms with Crippen LogP contribution >= 0.6 is 0 Å². The second-order valence-corrected chi connectivity index (χ2v) is 14.3. The molecule has 0 aliphatic carbocycles. The van der Waals surface area contributed by atoms with Gasteiger partial charge in [0.05, 0.1) is 11.4 Å². The van der Waals surface area contributed by atoms with E-state index in [-0.39, 0.29) is 66.9 Å². The Morgan fingerprint density at radius 2 is 0.833 bits per heavy atom. The number of fused-ring (bicyclic) bond motifs is 2. The molecule has 0 saturated carbocycles. The Labute approximate surface area is 305 Å². The van der Waals surface area contributed by atoms with Gasteiger partial charge in [-0.2, -0.15) is 16.8 Å². The van der Waals surface area contributed by atoms with Gasteiger partial charge in [-0.05, 0) is 72.8 Å². The number of anilines is 4. The zero-order valence-electron chi connectivity index (χ0n) is 27.3. The number of aromatic hydroxyl groups is 2. The van der Waals surface area contributed by atoms with E-state index in [1.54, 1.807) is 0 Å². The lowest BCUT2D eigenvalue weighted by molar-refractivity contribution is -0.132. The molecule has 0 bridgehead atoms. The fraction of sp³-hybridized carbons (Fsp3) is 0. The highest BCUT2D eigenvalue weighted by Gasteiger charge is 2.22. The van der Waals surface area contributed by atoms with Crippen molar-refractivity contribution in [2.24, 2.45) is 0 Å². The molecule has 0 aliphatic heterocycles. The summed E-state index contributed by atoms with van der Waals surface area (Å²) in [5.41, 5.74) is -0.105. The van der Waals surface area contributed by atoms with Crippen molar-refractivity contribution in [3.63, 3.8) is 0 Å². The first kappa shape index (κ1) is 36.9. The first-order valence-electron chi connectivity index (χ1n) is 15.4. The van der Waals surface area contributed by atoms with Crippen LogP contribution in [-0.2, 0) is 29.8 Å². The lowest BCUT2D eigenvalue weighted by Crippen LogP contribution is -2.29. The molecule has 16 nitrogen and oxygen atoms in total. The maximum Gasteiger partial charge on any atom is 0.314 e. The molecule has 8 N–H and O–H groups in total. The fourth-order valence-electron chi connectivity index (χ4n) is 5.60. The summed E-state index contributed by atoms with van der Waals surface area (Å²) in [6, 6.07) is 23.3. The van der Waals surface area contributed by atoms with Crippen molar-refractivity contribution in [1.82, 2.24) is 0 Å². The molecule has 6 rings (SSSR count). The third-order valence-corrected chi connectivity index (χ3v) is 9.77. The molecule has 0 aliphatic rings. The van der Waals surface area contributed by atoms with Crippen LogP contribution in [0.5, 0.6) is 11.5 Å². The second-order valence-electron chi connectivity index (χ2n) is 11.6. The number of nitrogens with one attached hydrogen (secondary N) is 4. The summed E-state index contributed by atoms with van der Waals surface area (Å²) in [4.78, 5) is 51.0. The fourth-order valence-corrected chi connectivity index (χ4v) is 7.03. The van der Waals surface area contributed by atoms with Crippen LogP contribution in [0.4, 0.5) is 22.7 Å². The van der Waals surface area contributed by atoms with E-state index < -0.39 is 53.7 Å². The van der Waals surface area contributed by atoms with Gasteiger partial charge in [-0.25, -0.2) is 0 Å². The van der Waals surface area contributed by atoms with Crippen molar-refractivity contribution in [1.29, 1.82) is 0 Å². The summed E-state index contributed by atoms with van der Waals surface area (Å²) < 4.78 is 67.6. The number of carbonyl (C=O) groups excluding carboxylic acids is 4. The second kappa shape index (κ2) is 14.3. The van der Waals surface area contributed by atoms with Gasteiger partial charge in [0, 0.05) is 44.0 Å². The molecule has 274 valence electrons. The van der Waals surface area contributed by atoms with Gasteiger partial charge in [-0.3, -0.25) is 28.3 Å². The van der Waals surface area contributed by atoms with E-state index in [4.69, 9.17) is 0 Å². The number of phenols is 2. The van der Waals surface area contributed by atoms with Crippen molar-refractivity contribution >= 4 is 88.2 Å². The minimum Gasteiger partial charge on any atom is -0.507 e. The van der Waals surface area contributed by atoms with E-state index >= 15 is 0 Å². The molecule has 0 unspecified atom stereocenters. The summed E-state index contributed by atoms with van der Waals surface area (Å²) in [6.07, 6.45) is 0. The van der Waals surface area contributed by atoms with Crippen molar-refractivity contribution in [3.05, 3.63) is 120 Å². The largest absolute Gasteiger partial charge is 0.507 e. The van der Waals surface area contributed by atoms with Crippen LogP contribution in [0.3, 0.4) is 0 Å². The molecular weight excluding hydrogens is 745 g/mol. The minimum absolute atomic E-state index is 0.0236. The Bertz CT molecular complexity index is 2600. The molecule has 18 heteroatoms. The standard InChI is InChI=1S/C36H26N4O12S2/c41-27-13-15-29(53(47,48)49)31-23(27)9-3-11-25(31)39-33(43)19-5-1-7-21(17-19)37-35(45)36(46)38-22-8-2-6-20(18-22)34(44)40-26-12-4-10-24-28(42)14-16-30(32(24)26)54(50,51)52/h1-18,41-42H,(H,37,45)(H,38,46)(H,39,43)(H,40,44)(H,47,48,49)(H,50,51,52). The average Bonchev–Trinajstić information content (AvgIpc) is 3.11. The summed E-state index contributed by atoms with van der Waals surface area (Å²) in [7, 11) is -9.51. The van der Waals surface area contributed by atoms with Crippen molar-refractivity contribution in [3.8, 4) is 11.5 Å². The normalized spacial score (nSPS) is 11.5. The molecule has 0 aromatic heterocycles. The minimum atomic E-state index is -4.76. The van der Waals surface area contributed by atoms with E-state index in [0.717, 1.165) is 24.3 Å². The Balaban J connectivity index is 1.15. The van der Waals surface area contributed by atoms with Gasteiger partial charge in [-0.1, -0.05) is 36.4 Å². The maximum atomic E-state index is 13.2. The Hall–Kier alpha value is -6.86. The van der Waals surface area contributed by atoms with E-state index in [1.165, 1.54) is 84.9 Å².